The van der Waals surface area contributed by atoms with Crippen molar-refractivity contribution < 1.29 is 9.59 Å². The van der Waals surface area contributed by atoms with E-state index in [-0.39, 0.29) is 24.8 Å². The molecule has 1 N–H and O–H groups in total. The molecule has 1 fully saturated rings. The highest BCUT2D eigenvalue weighted by Gasteiger charge is 2.36. The van der Waals surface area contributed by atoms with E-state index in [1.165, 1.54) is 4.90 Å². The molecule has 25 heavy (non-hydrogen) atoms. The Morgan fingerprint density at radius 2 is 1.96 bits per heavy atom. The lowest BCUT2D eigenvalue weighted by Gasteiger charge is -2.18. The molecule has 130 valence electrons. The van der Waals surface area contributed by atoms with Crippen LogP contribution < -0.4 is 10.2 Å². The minimum atomic E-state index is -0.428. The van der Waals surface area contributed by atoms with E-state index < -0.39 is 5.92 Å². The van der Waals surface area contributed by atoms with E-state index in [2.05, 4.69) is 5.32 Å². The van der Waals surface area contributed by atoms with E-state index in [4.69, 9.17) is 23.2 Å². The van der Waals surface area contributed by atoms with Gasteiger partial charge >= 0.3 is 0 Å². The number of hydrogen-bond donors (Lipinski definition) is 1. The number of nitrogens with one attached hydrogen (secondary N) is 1. The largest absolute Gasteiger partial charge is 0.326 e. The van der Waals surface area contributed by atoms with Crippen LogP contribution in [-0.4, -0.2) is 18.4 Å². The molecule has 1 saturated heterocycles. The van der Waals surface area contributed by atoms with E-state index in [9.17, 15) is 9.59 Å². The standard InChI is InChI=1S/C19H18Cl2N2O2/c1-11-4-3-5-16(12(11)2)22-19(25)13-8-18(24)23(10-13)17-9-14(20)6-7-15(17)21/h3-7,9,13H,8,10H2,1-2H3,(H,22,25)/t13-/m1/s1. The van der Waals surface area contributed by atoms with Gasteiger partial charge in [-0.1, -0.05) is 35.3 Å². The van der Waals surface area contributed by atoms with E-state index in [1.54, 1.807) is 18.2 Å². The average molecular weight is 377 g/mol. The van der Waals surface area contributed by atoms with Crippen LogP contribution in [0, 0.1) is 19.8 Å². The van der Waals surface area contributed by atoms with Crippen LogP contribution in [0.3, 0.4) is 0 Å². The zero-order chi connectivity index (χ0) is 18.1. The van der Waals surface area contributed by atoms with Crippen molar-refractivity contribution in [2.24, 2.45) is 5.92 Å². The van der Waals surface area contributed by atoms with Crippen molar-refractivity contribution >= 4 is 46.4 Å². The molecule has 2 amide bonds. The van der Waals surface area contributed by atoms with Gasteiger partial charge in [0.1, 0.15) is 0 Å². The molecule has 0 bridgehead atoms. The fraction of sp³-hybridized carbons (Fsp3) is 0.263. The van der Waals surface area contributed by atoms with Crippen molar-refractivity contribution in [3.63, 3.8) is 0 Å². The Morgan fingerprint density at radius 1 is 1.20 bits per heavy atom. The van der Waals surface area contributed by atoms with Gasteiger partial charge in [-0.25, -0.2) is 0 Å². The molecular formula is C19H18Cl2N2O2. The summed E-state index contributed by atoms with van der Waals surface area (Å²) in [5, 5.41) is 3.87. The van der Waals surface area contributed by atoms with Gasteiger partial charge in [0.15, 0.2) is 0 Å². The lowest BCUT2D eigenvalue weighted by molar-refractivity contribution is -0.122. The predicted octanol–water partition coefficient (Wildman–Crippen LogP) is 4.60. The highest BCUT2D eigenvalue weighted by molar-refractivity contribution is 6.36. The first-order valence-electron chi connectivity index (χ1n) is 7.99. The van der Waals surface area contributed by atoms with Gasteiger partial charge in [-0.3, -0.25) is 9.59 Å². The topological polar surface area (TPSA) is 49.4 Å². The number of carbonyl (C=O) groups is 2. The molecule has 2 aromatic rings. The molecule has 1 heterocycles. The fourth-order valence-electron chi connectivity index (χ4n) is 2.93. The van der Waals surface area contributed by atoms with E-state index >= 15 is 0 Å². The maximum atomic E-state index is 12.6. The Kier molecular flexibility index (Phi) is 5.02. The highest BCUT2D eigenvalue weighted by atomic mass is 35.5. The maximum Gasteiger partial charge on any atom is 0.229 e. The molecule has 0 spiro atoms. The second-order valence-electron chi connectivity index (χ2n) is 6.24. The first-order chi connectivity index (χ1) is 11.9. The third-order valence-electron chi connectivity index (χ3n) is 4.56. The molecule has 6 heteroatoms. The Labute approximate surface area is 156 Å². The van der Waals surface area contributed by atoms with E-state index in [1.807, 2.05) is 32.0 Å². The monoisotopic (exact) mass is 376 g/mol. The van der Waals surface area contributed by atoms with Gasteiger partial charge in [-0.15, -0.1) is 0 Å². The van der Waals surface area contributed by atoms with Crippen LogP contribution in [0.4, 0.5) is 11.4 Å². The molecule has 1 atom stereocenters. The Balaban J connectivity index is 1.77. The molecule has 1 aliphatic heterocycles. The van der Waals surface area contributed by atoms with Crippen LogP contribution in [0.5, 0.6) is 0 Å². The van der Waals surface area contributed by atoms with Crippen molar-refractivity contribution in [2.45, 2.75) is 20.3 Å². The van der Waals surface area contributed by atoms with Crippen LogP contribution in [0.2, 0.25) is 10.0 Å². The number of rotatable bonds is 3. The third kappa shape index (κ3) is 3.65. The SMILES string of the molecule is Cc1cccc(NC(=O)[C@@H]2CC(=O)N(c3cc(Cl)ccc3Cl)C2)c1C. The molecule has 0 saturated carbocycles. The summed E-state index contributed by atoms with van der Waals surface area (Å²) in [5.41, 5.74) is 3.44. The van der Waals surface area contributed by atoms with Crippen LogP contribution in [-0.2, 0) is 9.59 Å². The second kappa shape index (κ2) is 7.06. The molecule has 0 aromatic heterocycles. The quantitative estimate of drug-likeness (QED) is 0.850. The van der Waals surface area contributed by atoms with Crippen LogP contribution in [0.15, 0.2) is 36.4 Å². The summed E-state index contributed by atoms with van der Waals surface area (Å²) in [6, 6.07) is 10.7. The van der Waals surface area contributed by atoms with Gasteiger partial charge in [-0.05, 0) is 49.2 Å². The first-order valence-corrected chi connectivity index (χ1v) is 8.75. The van der Waals surface area contributed by atoms with Gasteiger partial charge in [-0.2, -0.15) is 0 Å². The van der Waals surface area contributed by atoms with Gasteiger partial charge in [0.2, 0.25) is 11.8 Å². The Morgan fingerprint density at radius 3 is 2.72 bits per heavy atom. The highest BCUT2D eigenvalue weighted by Crippen LogP contribution is 2.34. The predicted molar refractivity (Wildman–Crippen MR) is 101 cm³/mol. The molecule has 0 radical (unpaired) electrons. The van der Waals surface area contributed by atoms with Crippen molar-refractivity contribution in [3.05, 3.63) is 57.6 Å². The van der Waals surface area contributed by atoms with Gasteiger partial charge in [0, 0.05) is 23.7 Å². The second-order valence-corrected chi connectivity index (χ2v) is 7.08. The van der Waals surface area contributed by atoms with Crippen LogP contribution in [0.1, 0.15) is 17.5 Å². The minimum Gasteiger partial charge on any atom is -0.326 e. The van der Waals surface area contributed by atoms with Gasteiger partial charge in [0.25, 0.3) is 0 Å². The summed E-state index contributed by atoms with van der Waals surface area (Å²) in [7, 11) is 0. The normalized spacial score (nSPS) is 17.0. The zero-order valence-corrected chi connectivity index (χ0v) is 15.5. The Bertz CT molecular complexity index is 851. The van der Waals surface area contributed by atoms with Crippen LogP contribution >= 0.6 is 23.2 Å². The Hall–Kier alpha value is -2.04. The number of benzene rings is 2. The molecule has 4 nitrogen and oxygen atoms in total. The molecule has 0 aliphatic carbocycles. The van der Waals surface area contributed by atoms with E-state index in [0.29, 0.717) is 15.7 Å². The van der Waals surface area contributed by atoms with Gasteiger partial charge < -0.3 is 10.2 Å². The number of anilines is 2. The number of nitrogens with zero attached hydrogens (tertiary/aromatic N) is 1. The fourth-order valence-corrected chi connectivity index (χ4v) is 3.32. The number of hydrogen-bond acceptors (Lipinski definition) is 2. The van der Waals surface area contributed by atoms with Crippen molar-refractivity contribution in [1.82, 2.24) is 0 Å². The molecular weight excluding hydrogens is 359 g/mol. The van der Waals surface area contributed by atoms with E-state index in [0.717, 1.165) is 16.8 Å². The summed E-state index contributed by atoms with van der Waals surface area (Å²) < 4.78 is 0. The lowest BCUT2D eigenvalue weighted by Crippen LogP contribution is -2.28. The number of halogens is 2. The average Bonchev–Trinajstić information content (AvgIpc) is 2.96. The third-order valence-corrected chi connectivity index (χ3v) is 5.11. The first kappa shape index (κ1) is 17.8. The summed E-state index contributed by atoms with van der Waals surface area (Å²) in [4.78, 5) is 26.5. The van der Waals surface area contributed by atoms with Crippen molar-refractivity contribution in [1.29, 1.82) is 0 Å². The molecule has 3 rings (SSSR count). The molecule has 2 aromatic carbocycles. The van der Waals surface area contributed by atoms with Gasteiger partial charge in [0.05, 0.1) is 16.6 Å². The zero-order valence-electron chi connectivity index (χ0n) is 14.0. The number of amides is 2. The maximum absolute atomic E-state index is 12.6. The summed E-state index contributed by atoms with van der Waals surface area (Å²) in [5.74, 6) is -0.726. The minimum absolute atomic E-state index is 0.134. The molecule has 0 unspecified atom stereocenters. The molecule has 1 aliphatic rings. The number of carbonyl (C=O) groups excluding carboxylic acids is 2. The van der Waals surface area contributed by atoms with Crippen molar-refractivity contribution in [3.8, 4) is 0 Å². The van der Waals surface area contributed by atoms with Crippen molar-refractivity contribution in [2.75, 3.05) is 16.8 Å². The smallest absolute Gasteiger partial charge is 0.229 e. The lowest BCUT2D eigenvalue weighted by atomic mass is 10.1. The van der Waals surface area contributed by atoms with Crippen LogP contribution in [0.25, 0.3) is 0 Å². The summed E-state index contributed by atoms with van der Waals surface area (Å²) >= 11 is 12.2. The summed E-state index contributed by atoms with van der Waals surface area (Å²) in [6.45, 7) is 4.24. The summed E-state index contributed by atoms with van der Waals surface area (Å²) in [6.07, 6.45) is 0.152. The number of aryl methyl sites for hydroxylation is 1.